The monoisotopic (exact) mass is 428 g/mol. The van der Waals surface area contributed by atoms with Gasteiger partial charge in [0.05, 0.1) is 16.9 Å². The molecular formula is C22H21ClN2O5. The highest BCUT2D eigenvalue weighted by atomic mass is 35.5. The van der Waals surface area contributed by atoms with E-state index in [2.05, 4.69) is 5.32 Å². The molecule has 156 valence electrons. The van der Waals surface area contributed by atoms with E-state index in [4.69, 9.17) is 16.7 Å². The van der Waals surface area contributed by atoms with E-state index in [0.717, 1.165) is 17.7 Å². The Kier molecular flexibility index (Phi) is 6.54. The Morgan fingerprint density at radius 3 is 2.27 bits per heavy atom. The van der Waals surface area contributed by atoms with Gasteiger partial charge in [0.1, 0.15) is 0 Å². The minimum atomic E-state index is -1.24. The number of carbonyl (C=O) groups is 3. The van der Waals surface area contributed by atoms with Gasteiger partial charge in [-0.05, 0) is 42.7 Å². The summed E-state index contributed by atoms with van der Waals surface area (Å²) in [6.45, 7) is 0.693. The predicted octanol–water partition coefficient (Wildman–Crippen LogP) is 3.04. The van der Waals surface area contributed by atoms with Gasteiger partial charge in [-0.1, -0.05) is 35.9 Å². The zero-order valence-corrected chi connectivity index (χ0v) is 16.8. The van der Waals surface area contributed by atoms with E-state index < -0.39 is 17.5 Å². The fourth-order valence-corrected chi connectivity index (χ4v) is 3.52. The Labute approximate surface area is 178 Å². The summed E-state index contributed by atoms with van der Waals surface area (Å²) in [7, 11) is 0. The summed E-state index contributed by atoms with van der Waals surface area (Å²) in [5, 5.41) is 22.7. The van der Waals surface area contributed by atoms with Crippen LogP contribution in [0.25, 0.3) is 0 Å². The number of nitrogens with one attached hydrogen (secondary N) is 1. The van der Waals surface area contributed by atoms with E-state index in [-0.39, 0.29) is 5.91 Å². The van der Waals surface area contributed by atoms with Crippen molar-refractivity contribution < 1.29 is 24.6 Å². The molecule has 3 N–H and O–H groups in total. The molecule has 0 aromatic heterocycles. The van der Waals surface area contributed by atoms with Crippen LogP contribution >= 0.6 is 11.6 Å². The fourth-order valence-electron chi connectivity index (χ4n) is 3.40. The number of hydrogen-bond donors (Lipinski definition) is 3. The molecule has 7 nitrogen and oxygen atoms in total. The standard InChI is InChI=1S/C22H21ClN2O5/c23-16-7-5-15(6-8-16)22(30)11-13-25(14-12-22)21(29)17-3-1-2-4-18(17)24-19(26)9-10-20(27)28/h1-10,30H,11-14H2,(H,24,26)(H,27,28). The zero-order chi connectivity index (χ0) is 21.7. The van der Waals surface area contributed by atoms with Gasteiger partial charge < -0.3 is 20.4 Å². The van der Waals surface area contributed by atoms with Gasteiger partial charge in [-0.25, -0.2) is 4.79 Å². The maximum atomic E-state index is 13.0. The number of rotatable bonds is 5. The molecule has 0 unspecified atom stereocenters. The second-order valence-electron chi connectivity index (χ2n) is 7.04. The first-order valence-corrected chi connectivity index (χ1v) is 9.75. The second-order valence-corrected chi connectivity index (χ2v) is 7.47. The van der Waals surface area contributed by atoms with Gasteiger partial charge in [-0.3, -0.25) is 9.59 Å². The van der Waals surface area contributed by atoms with Gasteiger partial charge in [0.15, 0.2) is 0 Å². The number of carboxylic acids is 1. The lowest BCUT2D eigenvalue weighted by Gasteiger charge is -2.38. The molecule has 2 amide bonds. The first-order valence-electron chi connectivity index (χ1n) is 9.37. The maximum absolute atomic E-state index is 13.0. The Bertz CT molecular complexity index is 979. The summed E-state index contributed by atoms with van der Waals surface area (Å²) in [5.41, 5.74) is 0.320. The van der Waals surface area contributed by atoms with E-state index in [1.165, 1.54) is 0 Å². The van der Waals surface area contributed by atoms with Crippen molar-refractivity contribution in [3.05, 3.63) is 76.8 Å². The molecular weight excluding hydrogens is 408 g/mol. The molecule has 0 bridgehead atoms. The van der Waals surface area contributed by atoms with E-state index in [9.17, 15) is 19.5 Å². The van der Waals surface area contributed by atoms with Gasteiger partial charge in [-0.15, -0.1) is 0 Å². The highest BCUT2D eigenvalue weighted by molar-refractivity contribution is 6.30. The molecule has 0 aliphatic carbocycles. The Balaban J connectivity index is 1.70. The number of aliphatic hydroxyl groups is 1. The summed E-state index contributed by atoms with van der Waals surface area (Å²) in [4.78, 5) is 37.1. The smallest absolute Gasteiger partial charge is 0.328 e. The van der Waals surface area contributed by atoms with Crippen molar-refractivity contribution in [1.29, 1.82) is 0 Å². The van der Waals surface area contributed by atoms with Crippen LogP contribution in [0.5, 0.6) is 0 Å². The number of amides is 2. The largest absolute Gasteiger partial charge is 0.478 e. The third-order valence-electron chi connectivity index (χ3n) is 5.05. The minimum Gasteiger partial charge on any atom is -0.478 e. The summed E-state index contributed by atoms with van der Waals surface area (Å²) in [6.07, 6.45) is 2.35. The second kappa shape index (κ2) is 9.11. The highest BCUT2D eigenvalue weighted by Gasteiger charge is 2.36. The molecule has 1 fully saturated rings. The molecule has 1 heterocycles. The predicted molar refractivity (Wildman–Crippen MR) is 112 cm³/mol. The van der Waals surface area contributed by atoms with E-state index >= 15 is 0 Å². The van der Waals surface area contributed by atoms with Gasteiger partial charge in [0.2, 0.25) is 5.91 Å². The van der Waals surface area contributed by atoms with Crippen molar-refractivity contribution >= 4 is 35.1 Å². The molecule has 0 spiro atoms. The number of para-hydroxylation sites is 1. The van der Waals surface area contributed by atoms with Gasteiger partial charge in [0.25, 0.3) is 5.91 Å². The zero-order valence-electron chi connectivity index (χ0n) is 16.0. The summed E-state index contributed by atoms with van der Waals surface area (Å²) < 4.78 is 0. The first kappa shape index (κ1) is 21.5. The summed E-state index contributed by atoms with van der Waals surface area (Å²) in [5.74, 6) is -2.16. The van der Waals surface area contributed by atoms with Crippen LogP contribution in [-0.4, -0.2) is 46.0 Å². The number of likely N-dealkylation sites (tertiary alicyclic amines) is 1. The normalized spacial score (nSPS) is 15.7. The minimum absolute atomic E-state index is 0.272. The van der Waals surface area contributed by atoms with Crippen LogP contribution in [0.4, 0.5) is 5.69 Å². The molecule has 8 heteroatoms. The maximum Gasteiger partial charge on any atom is 0.328 e. The third kappa shape index (κ3) is 5.06. The highest BCUT2D eigenvalue weighted by Crippen LogP contribution is 2.34. The SMILES string of the molecule is O=C(O)C=CC(=O)Nc1ccccc1C(=O)N1CCC(O)(c2ccc(Cl)cc2)CC1. The van der Waals surface area contributed by atoms with E-state index in [0.29, 0.717) is 42.2 Å². The number of carbonyl (C=O) groups excluding carboxylic acids is 2. The van der Waals surface area contributed by atoms with Crippen molar-refractivity contribution in [3.63, 3.8) is 0 Å². The third-order valence-corrected chi connectivity index (χ3v) is 5.30. The fraction of sp³-hybridized carbons (Fsp3) is 0.227. The lowest BCUT2D eigenvalue weighted by atomic mass is 9.84. The molecule has 0 radical (unpaired) electrons. The van der Waals surface area contributed by atoms with Crippen molar-refractivity contribution in [2.24, 2.45) is 0 Å². The molecule has 1 saturated heterocycles. The van der Waals surface area contributed by atoms with Crippen LogP contribution in [0, 0.1) is 0 Å². The first-order chi connectivity index (χ1) is 14.3. The molecule has 3 rings (SSSR count). The summed E-state index contributed by atoms with van der Waals surface area (Å²) >= 11 is 5.92. The Morgan fingerprint density at radius 1 is 1.00 bits per heavy atom. The molecule has 30 heavy (non-hydrogen) atoms. The van der Waals surface area contributed by atoms with Crippen LogP contribution < -0.4 is 5.32 Å². The van der Waals surface area contributed by atoms with Crippen LogP contribution in [0.1, 0.15) is 28.8 Å². The van der Waals surface area contributed by atoms with Crippen LogP contribution in [0.2, 0.25) is 5.02 Å². The van der Waals surface area contributed by atoms with Crippen molar-refractivity contribution in [3.8, 4) is 0 Å². The average Bonchev–Trinajstić information content (AvgIpc) is 2.73. The molecule has 0 saturated carbocycles. The number of nitrogens with zero attached hydrogens (tertiary/aromatic N) is 1. The lowest BCUT2D eigenvalue weighted by molar-refractivity contribution is -0.131. The van der Waals surface area contributed by atoms with Crippen LogP contribution in [0.15, 0.2) is 60.7 Å². The molecule has 0 atom stereocenters. The number of anilines is 1. The van der Waals surface area contributed by atoms with Gasteiger partial charge in [-0.2, -0.15) is 0 Å². The van der Waals surface area contributed by atoms with Crippen LogP contribution in [-0.2, 0) is 15.2 Å². The Morgan fingerprint density at radius 2 is 1.63 bits per heavy atom. The molecule has 1 aliphatic heterocycles. The molecule has 1 aliphatic rings. The van der Waals surface area contributed by atoms with Crippen molar-refractivity contribution in [1.82, 2.24) is 4.90 Å². The number of hydrogen-bond acceptors (Lipinski definition) is 4. The summed E-state index contributed by atoms with van der Waals surface area (Å²) in [6, 6.07) is 13.6. The van der Waals surface area contributed by atoms with Gasteiger partial charge in [0, 0.05) is 30.3 Å². The van der Waals surface area contributed by atoms with E-state index in [1.54, 1.807) is 53.4 Å². The number of aliphatic carboxylic acids is 1. The quantitative estimate of drug-likeness (QED) is 0.634. The number of benzene rings is 2. The average molecular weight is 429 g/mol. The molecule has 2 aromatic rings. The van der Waals surface area contributed by atoms with Gasteiger partial charge >= 0.3 is 5.97 Å². The number of piperidine rings is 1. The van der Waals surface area contributed by atoms with Crippen molar-refractivity contribution in [2.45, 2.75) is 18.4 Å². The molecule has 2 aromatic carbocycles. The van der Waals surface area contributed by atoms with Crippen molar-refractivity contribution in [2.75, 3.05) is 18.4 Å². The van der Waals surface area contributed by atoms with Crippen LogP contribution in [0.3, 0.4) is 0 Å². The van der Waals surface area contributed by atoms with E-state index in [1.807, 2.05) is 0 Å². The lowest BCUT2D eigenvalue weighted by Crippen LogP contribution is -2.45. The Hall–Kier alpha value is -3.16. The number of halogens is 1. The topological polar surface area (TPSA) is 107 Å². The number of carboxylic acid groups (broad SMARTS) is 1.